The predicted molar refractivity (Wildman–Crippen MR) is 116 cm³/mol. The summed E-state index contributed by atoms with van der Waals surface area (Å²) in [6, 6.07) is 0. The first-order valence-corrected chi connectivity index (χ1v) is 14.9. The number of aliphatic hydroxyl groups is 1. The summed E-state index contributed by atoms with van der Waals surface area (Å²) in [7, 11) is -1.14. The van der Waals surface area contributed by atoms with Crippen molar-refractivity contribution in [3.63, 3.8) is 0 Å². The summed E-state index contributed by atoms with van der Waals surface area (Å²) in [5, 5.41) is 8.69. The van der Waals surface area contributed by atoms with Crippen LogP contribution in [0.1, 0.15) is 83.5 Å². The third-order valence-corrected chi connectivity index (χ3v) is 6.01. The molecular formula is C21H42OSSi. The standard InChI is InChI=1S/C21H42OSSi/c1-24(2,3)21-17-15-13-11-9-7-5-4-6-8-10-12-14-16-19-23-20-18-22/h22H,4-16,18-20H2,1-3H3. The number of thioether (sulfide) groups is 1. The third kappa shape index (κ3) is 22.1. The molecule has 0 aromatic heterocycles. The van der Waals surface area contributed by atoms with Gasteiger partial charge in [-0.25, -0.2) is 0 Å². The van der Waals surface area contributed by atoms with E-state index >= 15 is 0 Å². The molecule has 0 rings (SSSR count). The number of unbranched alkanes of at least 4 members (excludes halogenated alkanes) is 12. The van der Waals surface area contributed by atoms with Gasteiger partial charge in [-0.2, -0.15) is 11.8 Å². The van der Waals surface area contributed by atoms with Crippen molar-refractivity contribution in [2.75, 3.05) is 18.1 Å². The molecule has 0 fully saturated rings. The van der Waals surface area contributed by atoms with Gasteiger partial charge in [-0.3, -0.25) is 0 Å². The van der Waals surface area contributed by atoms with Crippen LogP contribution in [0.2, 0.25) is 19.6 Å². The van der Waals surface area contributed by atoms with Crippen LogP contribution < -0.4 is 0 Å². The fourth-order valence-corrected chi connectivity index (χ4v) is 4.08. The first kappa shape index (κ1) is 24.1. The van der Waals surface area contributed by atoms with Crippen LogP contribution in [-0.4, -0.2) is 31.3 Å². The molecule has 0 unspecified atom stereocenters. The average Bonchev–Trinajstić information content (AvgIpc) is 2.52. The summed E-state index contributed by atoms with van der Waals surface area (Å²) in [6.07, 6.45) is 17.8. The highest BCUT2D eigenvalue weighted by molar-refractivity contribution is 7.99. The van der Waals surface area contributed by atoms with Crippen molar-refractivity contribution in [2.45, 2.75) is 103 Å². The van der Waals surface area contributed by atoms with E-state index in [1.54, 1.807) is 0 Å². The van der Waals surface area contributed by atoms with Crippen LogP contribution in [0.3, 0.4) is 0 Å². The third-order valence-electron chi connectivity index (χ3n) is 4.04. The van der Waals surface area contributed by atoms with E-state index in [1.165, 1.54) is 82.8 Å². The Balaban J connectivity index is 3.09. The number of aliphatic hydroxyl groups excluding tert-OH is 1. The van der Waals surface area contributed by atoms with E-state index in [4.69, 9.17) is 5.11 Å². The molecule has 3 heteroatoms. The lowest BCUT2D eigenvalue weighted by Crippen LogP contribution is -2.16. The van der Waals surface area contributed by atoms with Crippen molar-refractivity contribution < 1.29 is 5.11 Å². The lowest BCUT2D eigenvalue weighted by atomic mass is 10.0. The SMILES string of the molecule is C[Si](C)(C)C#CCCCCCCCCCCCCCCSCCO. The quantitative estimate of drug-likeness (QED) is 0.186. The fraction of sp³-hybridized carbons (Fsp3) is 0.905. The second-order valence-corrected chi connectivity index (χ2v) is 13.9. The monoisotopic (exact) mass is 370 g/mol. The minimum atomic E-state index is -1.14. The van der Waals surface area contributed by atoms with E-state index in [1.807, 2.05) is 11.8 Å². The topological polar surface area (TPSA) is 20.2 Å². The highest BCUT2D eigenvalue weighted by Crippen LogP contribution is 2.13. The number of hydrogen-bond acceptors (Lipinski definition) is 2. The Labute approximate surface area is 157 Å². The largest absolute Gasteiger partial charge is 0.396 e. The fourth-order valence-electron chi connectivity index (χ4n) is 2.68. The maximum Gasteiger partial charge on any atom is 0.129 e. The van der Waals surface area contributed by atoms with Gasteiger partial charge in [0.25, 0.3) is 0 Å². The number of hydrogen-bond donors (Lipinski definition) is 1. The van der Waals surface area contributed by atoms with Crippen molar-refractivity contribution >= 4 is 19.8 Å². The second-order valence-electron chi connectivity index (χ2n) is 7.88. The molecule has 0 amide bonds. The number of rotatable bonds is 16. The van der Waals surface area contributed by atoms with Crippen LogP contribution in [0.4, 0.5) is 0 Å². The molecule has 1 N–H and O–H groups in total. The van der Waals surface area contributed by atoms with Gasteiger partial charge in [0.15, 0.2) is 0 Å². The van der Waals surface area contributed by atoms with Gasteiger partial charge in [0.2, 0.25) is 0 Å². The zero-order valence-corrected chi connectivity index (χ0v) is 18.5. The van der Waals surface area contributed by atoms with Crippen LogP contribution in [0.5, 0.6) is 0 Å². The molecule has 0 radical (unpaired) electrons. The molecule has 0 aromatic carbocycles. The average molecular weight is 371 g/mol. The van der Waals surface area contributed by atoms with Crippen molar-refractivity contribution in [2.24, 2.45) is 0 Å². The van der Waals surface area contributed by atoms with Gasteiger partial charge in [-0.05, 0) is 18.6 Å². The lowest BCUT2D eigenvalue weighted by Gasteiger charge is -2.04. The summed E-state index contributed by atoms with van der Waals surface area (Å²) >= 11 is 1.88. The van der Waals surface area contributed by atoms with Gasteiger partial charge >= 0.3 is 0 Å². The van der Waals surface area contributed by atoms with E-state index in [2.05, 4.69) is 31.1 Å². The predicted octanol–water partition coefficient (Wildman–Crippen LogP) is 6.66. The molecule has 0 heterocycles. The Hall–Kier alpha value is 0.0869. The first-order chi connectivity index (χ1) is 11.6. The van der Waals surface area contributed by atoms with E-state index in [9.17, 15) is 0 Å². The van der Waals surface area contributed by atoms with Gasteiger partial charge in [0.1, 0.15) is 8.07 Å². The van der Waals surface area contributed by atoms with Crippen molar-refractivity contribution in [3.8, 4) is 11.5 Å². The Morgan fingerprint density at radius 3 is 1.58 bits per heavy atom. The summed E-state index contributed by atoms with van der Waals surface area (Å²) < 4.78 is 0. The highest BCUT2D eigenvalue weighted by atomic mass is 32.2. The first-order valence-electron chi connectivity index (χ1n) is 10.2. The Morgan fingerprint density at radius 1 is 0.667 bits per heavy atom. The molecule has 0 saturated carbocycles. The molecule has 0 saturated heterocycles. The molecule has 1 nitrogen and oxygen atoms in total. The Kier molecular flexibility index (Phi) is 18.0. The Bertz CT molecular complexity index is 314. The highest BCUT2D eigenvalue weighted by Gasteiger charge is 2.06. The van der Waals surface area contributed by atoms with Gasteiger partial charge < -0.3 is 5.11 Å². The van der Waals surface area contributed by atoms with Crippen molar-refractivity contribution in [1.82, 2.24) is 0 Å². The summed E-state index contributed by atoms with van der Waals surface area (Å²) in [6.45, 7) is 7.28. The van der Waals surface area contributed by atoms with Crippen LogP contribution in [-0.2, 0) is 0 Å². The summed E-state index contributed by atoms with van der Waals surface area (Å²) in [5.41, 5.74) is 3.45. The van der Waals surface area contributed by atoms with Crippen molar-refractivity contribution in [1.29, 1.82) is 0 Å². The molecule has 0 aromatic rings. The molecule has 0 atom stereocenters. The zero-order valence-electron chi connectivity index (χ0n) is 16.7. The van der Waals surface area contributed by atoms with Crippen LogP contribution in [0, 0.1) is 11.5 Å². The summed E-state index contributed by atoms with van der Waals surface area (Å²) in [5.74, 6) is 5.51. The molecular weight excluding hydrogens is 328 g/mol. The minimum absolute atomic E-state index is 0.331. The molecule has 0 aliphatic heterocycles. The van der Waals surface area contributed by atoms with Gasteiger partial charge in [-0.15, -0.1) is 11.5 Å². The van der Waals surface area contributed by atoms with E-state index in [0.29, 0.717) is 6.61 Å². The van der Waals surface area contributed by atoms with Crippen molar-refractivity contribution in [3.05, 3.63) is 0 Å². The molecule has 0 aliphatic rings. The normalized spacial score (nSPS) is 11.3. The lowest BCUT2D eigenvalue weighted by molar-refractivity contribution is 0.322. The molecule has 142 valence electrons. The second kappa shape index (κ2) is 17.9. The molecule has 0 bridgehead atoms. The van der Waals surface area contributed by atoms with E-state index < -0.39 is 8.07 Å². The zero-order chi connectivity index (χ0) is 17.9. The van der Waals surface area contributed by atoms with E-state index in [0.717, 1.165) is 12.2 Å². The van der Waals surface area contributed by atoms with Crippen LogP contribution >= 0.6 is 11.8 Å². The molecule has 0 aliphatic carbocycles. The molecule has 24 heavy (non-hydrogen) atoms. The smallest absolute Gasteiger partial charge is 0.129 e. The summed E-state index contributed by atoms with van der Waals surface area (Å²) in [4.78, 5) is 0. The van der Waals surface area contributed by atoms with Gasteiger partial charge in [0, 0.05) is 12.2 Å². The van der Waals surface area contributed by atoms with Gasteiger partial charge in [0.05, 0.1) is 6.61 Å². The van der Waals surface area contributed by atoms with E-state index in [-0.39, 0.29) is 0 Å². The maximum absolute atomic E-state index is 8.69. The van der Waals surface area contributed by atoms with Crippen LogP contribution in [0.15, 0.2) is 0 Å². The van der Waals surface area contributed by atoms with Gasteiger partial charge in [-0.1, -0.05) is 83.8 Å². The molecule has 0 spiro atoms. The maximum atomic E-state index is 8.69. The Morgan fingerprint density at radius 2 is 1.12 bits per heavy atom. The minimum Gasteiger partial charge on any atom is -0.396 e. The van der Waals surface area contributed by atoms with Crippen LogP contribution in [0.25, 0.3) is 0 Å².